The van der Waals surface area contributed by atoms with Gasteiger partial charge >= 0.3 is 0 Å². The zero-order valence-corrected chi connectivity index (χ0v) is 9.08. The lowest BCUT2D eigenvalue weighted by atomic mass is 10.2. The number of methoxy groups -OCH3 is 1. The summed E-state index contributed by atoms with van der Waals surface area (Å²) in [5.41, 5.74) is 0. The molecule has 1 rings (SSSR count). The quantitative estimate of drug-likeness (QED) is 0.763. The van der Waals surface area contributed by atoms with E-state index in [1.54, 1.807) is 13.2 Å². The molecule has 5 heteroatoms. The van der Waals surface area contributed by atoms with Crippen LogP contribution in [0.4, 0.5) is 5.82 Å². The maximum Gasteiger partial charge on any atom is 0.218 e. The fourth-order valence-corrected chi connectivity index (χ4v) is 1.35. The Kier molecular flexibility index (Phi) is 4.46. The predicted molar refractivity (Wildman–Crippen MR) is 57.0 cm³/mol. The van der Waals surface area contributed by atoms with Gasteiger partial charge in [0.25, 0.3) is 0 Å². The molecule has 4 nitrogen and oxygen atoms in total. The van der Waals surface area contributed by atoms with E-state index >= 15 is 0 Å². The molecule has 1 unspecified atom stereocenters. The van der Waals surface area contributed by atoms with Crippen LogP contribution in [0.3, 0.4) is 0 Å². The number of aromatic nitrogens is 2. The number of ether oxygens (including phenoxy) is 1. The highest BCUT2D eigenvalue weighted by molar-refractivity contribution is 6.17. The lowest BCUT2D eigenvalue weighted by molar-refractivity contribution is 0.397. The summed E-state index contributed by atoms with van der Waals surface area (Å²) >= 11 is 5.62. The highest BCUT2D eigenvalue weighted by Crippen LogP contribution is 2.11. The van der Waals surface area contributed by atoms with Gasteiger partial charge in [-0.3, -0.25) is 0 Å². The van der Waals surface area contributed by atoms with Gasteiger partial charge in [-0.2, -0.15) is 0 Å². The average Bonchev–Trinajstić information content (AvgIpc) is 2.18. The molecule has 1 aromatic heterocycles. The number of halogens is 1. The van der Waals surface area contributed by atoms with E-state index in [-0.39, 0.29) is 0 Å². The van der Waals surface area contributed by atoms with E-state index in [0.717, 1.165) is 12.2 Å². The highest BCUT2D eigenvalue weighted by atomic mass is 35.5. The van der Waals surface area contributed by atoms with Crippen molar-refractivity contribution < 1.29 is 4.74 Å². The van der Waals surface area contributed by atoms with Crippen LogP contribution in [0.15, 0.2) is 12.4 Å². The molecule has 0 saturated carbocycles. The monoisotopic (exact) mass is 215 g/mol. The van der Waals surface area contributed by atoms with Crippen LogP contribution < -0.4 is 10.1 Å². The normalized spacial score (nSPS) is 12.2. The van der Waals surface area contributed by atoms with Crippen molar-refractivity contribution in [1.29, 1.82) is 0 Å². The van der Waals surface area contributed by atoms with Gasteiger partial charge in [-0.1, -0.05) is 0 Å². The third-order valence-electron chi connectivity index (χ3n) is 1.79. The van der Waals surface area contributed by atoms with Gasteiger partial charge in [0, 0.05) is 18.0 Å². The van der Waals surface area contributed by atoms with E-state index in [2.05, 4.69) is 22.2 Å². The lowest BCUT2D eigenvalue weighted by Gasteiger charge is -2.12. The van der Waals surface area contributed by atoms with E-state index in [4.69, 9.17) is 16.3 Å². The molecular formula is C9H14ClN3O. The zero-order valence-electron chi connectivity index (χ0n) is 8.33. The van der Waals surface area contributed by atoms with E-state index in [0.29, 0.717) is 17.8 Å². The average molecular weight is 216 g/mol. The molecule has 0 aliphatic rings. The fraction of sp³-hybridized carbons (Fsp3) is 0.556. The summed E-state index contributed by atoms with van der Waals surface area (Å²) in [7, 11) is 1.58. The standard InChI is InChI=1S/C9H14ClN3O/c1-7(3-4-10)13-8-5-9(14-2)12-6-11-8/h5-7H,3-4H2,1-2H3,(H,11,12,13). The molecule has 1 atom stereocenters. The predicted octanol–water partition coefficient (Wildman–Crippen LogP) is 1.91. The first kappa shape index (κ1) is 11.0. The van der Waals surface area contributed by atoms with Gasteiger partial charge in [-0.05, 0) is 13.3 Å². The molecule has 0 aromatic carbocycles. The van der Waals surface area contributed by atoms with Crippen LogP contribution in [0.5, 0.6) is 5.88 Å². The molecule has 14 heavy (non-hydrogen) atoms. The van der Waals surface area contributed by atoms with Crippen LogP contribution >= 0.6 is 11.6 Å². The van der Waals surface area contributed by atoms with Crippen LogP contribution in [-0.2, 0) is 0 Å². The molecule has 78 valence electrons. The van der Waals surface area contributed by atoms with Gasteiger partial charge in [0.05, 0.1) is 7.11 Å². The third kappa shape index (κ3) is 3.38. The summed E-state index contributed by atoms with van der Waals surface area (Å²) in [5.74, 6) is 1.95. The Morgan fingerprint density at radius 3 is 3.00 bits per heavy atom. The Morgan fingerprint density at radius 1 is 1.57 bits per heavy atom. The molecule has 0 fully saturated rings. The van der Waals surface area contributed by atoms with Gasteiger partial charge in [-0.25, -0.2) is 9.97 Å². The van der Waals surface area contributed by atoms with Crippen molar-refractivity contribution in [2.75, 3.05) is 18.3 Å². The summed E-state index contributed by atoms with van der Waals surface area (Å²) in [6, 6.07) is 2.05. The number of nitrogens with zero attached hydrogens (tertiary/aromatic N) is 2. The molecule has 1 N–H and O–H groups in total. The second kappa shape index (κ2) is 5.65. The number of anilines is 1. The minimum atomic E-state index is 0.298. The molecule has 0 spiro atoms. The molecule has 0 aliphatic heterocycles. The minimum absolute atomic E-state index is 0.298. The van der Waals surface area contributed by atoms with Crippen LogP contribution in [0.25, 0.3) is 0 Å². The van der Waals surface area contributed by atoms with E-state index in [1.165, 1.54) is 6.33 Å². The van der Waals surface area contributed by atoms with E-state index < -0.39 is 0 Å². The fourth-order valence-electron chi connectivity index (χ4n) is 1.02. The number of nitrogens with one attached hydrogen (secondary N) is 1. The number of alkyl halides is 1. The molecule has 0 aliphatic carbocycles. The topological polar surface area (TPSA) is 47.0 Å². The molecule has 0 bridgehead atoms. The van der Waals surface area contributed by atoms with E-state index in [1.807, 2.05) is 0 Å². The van der Waals surface area contributed by atoms with Gasteiger partial charge in [-0.15, -0.1) is 11.6 Å². The van der Waals surface area contributed by atoms with Gasteiger partial charge in [0.15, 0.2) is 0 Å². The van der Waals surface area contributed by atoms with Crippen LogP contribution in [-0.4, -0.2) is 29.0 Å². The van der Waals surface area contributed by atoms with Crippen molar-refractivity contribution in [3.63, 3.8) is 0 Å². The number of hydrogen-bond donors (Lipinski definition) is 1. The Balaban J connectivity index is 2.57. The van der Waals surface area contributed by atoms with Crippen molar-refractivity contribution in [1.82, 2.24) is 9.97 Å². The molecule has 1 heterocycles. The summed E-state index contributed by atoms with van der Waals surface area (Å²) in [4.78, 5) is 7.98. The van der Waals surface area contributed by atoms with Gasteiger partial charge in [0.2, 0.25) is 5.88 Å². The highest BCUT2D eigenvalue weighted by Gasteiger charge is 2.03. The molecule has 0 saturated heterocycles. The summed E-state index contributed by atoms with van der Waals surface area (Å²) < 4.78 is 4.98. The second-order valence-electron chi connectivity index (χ2n) is 2.97. The second-order valence-corrected chi connectivity index (χ2v) is 3.35. The van der Waals surface area contributed by atoms with E-state index in [9.17, 15) is 0 Å². The van der Waals surface area contributed by atoms with Crippen molar-refractivity contribution in [3.05, 3.63) is 12.4 Å². The first-order valence-electron chi connectivity index (χ1n) is 4.44. The van der Waals surface area contributed by atoms with Gasteiger partial charge in [0.1, 0.15) is 12.1 Å². The molecule has 0 amide bonds. The SMILES string of the molecule is COc1cc(NC(C)CCCl)ncn1. The Labute approximate surface area is 88.7 Å². The smallest absolute Gasteiger partial charge is 0.218 e. The molecular weight excluding hydrogens is 202 g/mol. The molecule has 1 aromatic rings. The van der Waals surface area contributed by atoms with Crippen molar-refractivity contribution in [3.8, 4) is 5.88 Å². The third-order valence-corrected chi connectivity index (χ3v) is 2.01. The Morgan fingerprint density at radius 2 is 2.36 bits per heavy atom. The zero-order chi connectivity index (χ0) is 10.4. The van der Waals surface area contributed by atoms with Crippen molar-refractivity contribution >= 4 is 17.4 Å². The molecule has 0 radical (unpaired) electrons. The van der Waals surface area contributed by atoms with Crippen molar-refractivity contribution in [2.45, 2.75) is 19.4 Å². The van der Waals surface area contributed by atoms with Crippen LogP contribution in [0.2, 0.25) is 0 Å². The summed E-state index contributed by atoms with van der Waals surface area (Å²) in [5, 5.41) is 3.20. The first-order chi connectivity index (χ1) is 6.76. The summed E-state index contributed by atoms with van der Waals surface area (Å²) in [6.45, 7) is 2.05. The Hall–Kier alpha value is -1.03. The largest absolute Gasteiger partial charge is 0.481 e. The Bertz CT molecular complexity index is 283. The van der Waals surface area contributed by atoms with Crippen LogP contribution in [0.1, 0.15) is 13.3 Å². The first-order valence-corrected chi connectivity index (χ1v) is 4.98. The van der Waals surface area contributed by atoms with Crippen molar-refractivity contribution in [2.24, 2.45) is 0 Å². The summed E-state index contributed by atoms with van der Waals surface area (Å²) in [6.07, 6.45) is 2.36. The number of hydrogen-bond acceptors (Lipinski definition) is 4. The maximum atomic E-state index is 5.62. The van der Waals surface area contributed by atoms with Gasteiger partial charge < -0.3 is 10.1 Å². The minimum Gasteiger partial charge on any atom is -0.481 e. The maximum absolute atomic E-state index is 5.62. The number of rotatable bonds is 5. The van der Waals surface area contributed by atoms with Crippen LogP contribution in [0, 0.1) is 0 Å². The lowest BCUT2D eigenvalue weighted by Crippen LogP contribution is -2.16.